The second-order valence-corrected chi connectivity index (χ2v) is 5.43. The fourth-order valence-electron chi connectivity index (χ4n) is 2.38. The Hall–Kier alpha value is -2.95. The molecule has 0 aliphatic carbocycles. The van der Waals surface area contributed by atoms with Gasteiger partial charge in [0.15, 0.2) is 0 Å². The molecule has 4 nitrogen and oxygen atoms in total. The van der Waals surface area contributed by atoms with E-state index in [4.69, 9.17) is 0 Å². The van der Waals surface area contributed by atoms with Crippen LogP contribution in [0.15, 0.2) is 53.3 Å². The van der Waals surface area contributed by atoms with Gasteiger partial charge in [0.05, 0.1) is 11.9 Å². The number of hydrogen-bond donors (Lipinski definition) is 2. The molecular formula is C18H15FN2O2. The number of hydrogen-bond acceptors (Lipinski definition) is 2. The molecule has 0 unspecified atom stereocenters. The molecule has 3 aromatic rings. The molecule has 1 heterocycles. The number of amides is 1. The van der Waals surface area contributed by atoms with Crippen molar-refractivity contribution in [3.8, 4) is 0 Å². The number of nitrogens with one attached hydrogen (secondary N) is 2. The van der Waals surface area contributed by atoms with Crippen LogP contribution in [-0.2, 0) is 11.2 Å². The Labute approximate surface area is 132 Å². The average Bonchev–Trinajstić information content (AvgIpc) is 2.51. The van der Waals surface area contributed by atoms with E-state index in [-0.39, 0.29) is 23.7 Å². The number of rotatable bonds is 3. The van der Waals surface area contributed by atoms with E-state index in [0.717, 1.165) is 10.9 Å². The predicted molar refractivity (Wildman–Crippen MR) is 88.0 cm³/mol. The summed E-state index contributed by atoms with van der Waals surface area (Å²) in [6, 6.07) is 13.0. The first-order chi connectivity index (χ1) is 11.0. The number of carbonyl (C=O) groups excluding carboxylic acids is 1. The third-order valence-electron chi connectivity index (χ3n) is 3.59. The van der Waals surface area contributed by atoms with Crippen LogP contribution in [0.3, 0.4) is 0 Å². The summed E-state index contributed by atoms with van der Waals surface area (Å²) < 4.78 is 12.9. The van der Waals surface area contributed by atoms with E-state index in [2.05, 4.69) is 10.3 Å². The standard InChI is InChI=1S/C18H15FN2O2/c1-11-8-13-4-7-15(10-16(13)21-18(11)23)20-17(22)9-12-2-5-14(19)6-3-12/h2-8,10H,9H2,1H3,(H,20,22)(H,21,23). The Morgan fingerprint density at radius 1 is 1.13 bits per heavy atom. The fourth-order valence-corrected chi connectivity index (χ4v) is 2.38. The molecule has 0 atom stereocenters. The lowest BCUT2D eigenvalue weighted by Crippen LogP contribution is -2.14. The van der Waals surface area contributed by atoms with Gasteiger partial charge in [-0.1, -0.05) is 18.2 Å². The van der Waals surface area contributed by atoms with E-state index in [9.17, 15) is 14.0 Å². The average molecular weight is 310 g/mol. The lowest BCUT2D eigenvalue weighted by molar-refractivity contribution is -0.115. The van der Waals surface area contributed by atoms with Crippen LogP contribution < -0.4 is 10.9 Å². The largest absolute Gasteiger partial charge is 0.326 e. The number of H-pyrrole nitrogens is 1. The van der Waals surface area contributed by atoms with Gasteiger partial charge in [0.1, 0.15) is 5.82 Å². The number of pyridine rings is 1. The summed E-state index contributed by atoms with van der Waals surface area (Å²) in [6.45, 7) is 1.75. The summed E-state index contributed by atoms with van der Waals surface area (Å²) in [4.78, 5) is 26.5. The van der Waals surface area contributed by atoms with Gasteiger partial charge in [-0.2, -0.15) is 0 Å². The van der Waals surface area contributed by atoms with Gasteiger partial charge in [0, 0.05) is 11.3 Å². The first-order valence-electron chi connectivity index (χ1n) is 7.19. The molecule has 1 aromatic heterocycles. The van der Waals surface area contributed by atoms with Crippen molar-refractivity contribution in [2.75, 3.05) is 5.32 Å². The van der Waals surface area contributed by atoms with Crippen molar-refractivity contribution in [3.63, 3.8) is 0 Å². The molecule has 0 fully saturated rings. The number of halogens is 1. The zero-order valence-electron chi connectivity index (χ0n) is 12.5. The zero-order valence-corrected chi connectivity index (χ0v) is 12.5. The summed E-state index contributed by atoms with van der Waals surface area (Å²) >= 11 is 0. The van der Waals surface area contributed by atoms with Crippen LogP contribution in [0, 0.1) is 12.7 Å². The minimum Gasteiger partial charge on any atom is -0.326 e. The van der Waals surface area contributed by atoms with Crippen LogP contribution in [0.1, 0.15) is 11.1 Å². The van der Waals surface area contributed by atoms with E-state index in [1.807, 2.05) is 6.07 Å². The van der Waals surface area contributed by atoms with Crippen LogP contribution in [0.25, 0.3) is 10.9 Å². The number of fused-ring (bicyclic) bond motifs is 1. The number of aryl methyl sites for hydroxylation is 1. The Morgan fingerprint density at radius 2 is 1.87 bits per heavy atom. The SMILES string of the molecule is Cc1cc2ccc(NC(=O)Cc3ccc(F)cc3)cc2[nH]c1=O. The number of aromatic nitrogens is 1. The maximum Gasteiger partial charge on any atom is 0.251 e. The minimum absolute atomic E-state index is 0.146. The van der Waals surface area contributed by atoms with Gasteiger partial charge in [-0.3, -0.25) is 9.59 Å². The molecule has 0 bridgehead atoms. The Bertz CT molecular complexity index is 930. The van der Waals surface area contributed by atoms with Crippen LogP contribution in [-0.4, -0.2) is 10.9 Å². The van der Waals surface area contributed by atoms with E-state index in [1.54, 1.807) is 37.3 Å². The van der Waals surface area contributed by atoms with E-state index < -0.39 is 0 Å². The van der Waals surface area contributed by atoms with Crippen molar-refractivity contribution in [3.05, 3.63) is 75.8 Å². The van der Waals surface area contributed by atoms with E-state index >= 15 is 0 Å². The zero-order chi connectivity index (χ0) is 16.4. The number of anilines is 1. The topological polar surface area (TPSA) is 62.0 Å². The molecule has 23 heavy (non-hydrogen) atoms. The lowest BCUT2D eigenvalue weighted by atomic mass is 10.1. The van der Waals surface area contributed by atoms with Crippen molar-refractivity contribution in [1.29, 1.82) is 0 Å². The highest BCUT2D eigenvalue weighted by Gasteiger charge is 2.06. The summed E-state index contributed by atoms with van der Waals surface area (Å²) in [6.07, 6.45) is 0.155. The Kier molecular flexibility index (Phi) is 3.93. The summed E-state index contributed by atoms with van der Waals surface area (Å²) in [5.74, 6) is -0.534. The van der Waals surface area contributed by atoms with Crippen molar-refractivity contribution in [1.82, 2.24) is 4.98 Å². The second-order valence-electron chi connectivity index (χ2n) is 5.43. The second kappa shape index (κ2) is 6.04. The Balaban J connectivity index is 1.78. The molecule has 0 aliphatic heterocycles. The summed E-state index contributed by atoms with van der Waals surface area (Å²) in [5.41, 5.74) is 2.50. The summed E-state index contributed by atoms with van der Waals surface area (Å²) in [5, 5.41) is 3.68. The maximum atomic E-state index is 12.9. The van der Waals surface area contributed by atoms with Crippen molar-refractivity contribution in [2.24, 2.45) is 0 Å². The molecule has 0 saturated carbocycles. The Morgan fingerprint density at radius 3 is 2.61 bits per heavy atom. The molecule has 0 aliphatic rings. The molecule has 116 valence electrons. The fraction of sp³-hybridized carbons (Fsp3) is 0.111. The highest BCUT2D eigenvalue weighted by Crippen LogP contribution is 2.17. The monoisotopic (exact) mass is 310 g/mol. The number of aromatic amines is 1. The third kappa shape index (κ3) is 3.45. The van der Waals surface area contributed by atoms with Gasteiger partial charge >= 0.3 is 0 Å². The van der Waals surface area contributed by atoms with Gasteiger partial charge in [0.25, 0.3) is 5.56 Å². The van der Waals surface area contributed by atoms with Gasteiger partial charge in [-0.25, -0.2) is 4.39 Å². The third-order valence-corrected chi connectivity index (χ3v) is 3.59. The molecular weight excluding hydrogens is 295 g/mol. The summed E-state index contributed by atoms with van der Waals surface area (Å²) in [7, 11) is 0. The first kappa shape index (κ1) is 15.0. The minimum atomic E-state index is -0.331. The molecule has 0 spiro atoms. The molecule has 0 radical (unpaired) electrons. The molecule has 1 amide bonds. The van der Waals surface area contributed by atoms with Gasteiger partial charge in [-0.05, 0) is 48.2 Å². The molecule has 3 rings (SSSR count). The van der Waals surface area contributed by atoms with Crippen LogP contribution in [0.2, 0.25) is 0 Å². The number of carbonyl (C=O) groups is 1. The highest BCUT2D eigenvalue weighted by molar-refractivity contribution is 5.94. The van der Waals surface area contributed by atoms with E-state index in [1.165, 1.54) is 12.1 Å². The highest BCUT2D eigenvalue weighted by atomic mass is 19.1. The lowest BCUT2D eigenvalue weighted by Gasteiger charge is -2.07. The quantitative estimate of drug-likeness (QED) is 0.780. The van der Waals surface area contributed by atoms with Gasteiger partial charge in [-0.15, -0.1) is 0 Å². The van der Waals surface area contributed by atoms with E-state index in [0.29, 0.717) is 16.8 Å². The molecule has 2 aromatic carbocycles. The molecule has 2 N–H and O–H groups in total. The van der Waals surface area contributed by atoms with Crippen molar-refractivity contribution < 1.29 is 9.18 Å². The molecule has 5 heteroatoms. The molecule has 0 saturated heterocycles. The predicted octanol–water partition coefficient (Wildman–Crippen LogP) is 3.16. The van der Waals surface area contributed by atoms with Crippen molar-refractivity contribution in [2.45, 2.75) is 13.3 Å². The first-order valence-corrected chi connectivity index (χ1v) is 7.19. The van der Waals surface area contributed by atoms with Crippen molar-refractivity contribution >= 4 is 22.5 Å². The normalized spacial score (nSPS) is 10.7. The van der Waals surface area contributed by atoms with Crippen LogP contribution >= 0.6 is 0 Å². The van der Waals surface area contributed by atoms with Crippen LogP contribution in [0.4, 0.5) is 10.1 Å². The smallest absolute Gasteiger partial charge is 0.251 e. The van der Waals surface area contributed by atoms with Crippen LogP contribution in [0.5, 0.6) is 0 Å². The maximum absolute atomic E-state index is 12.9. The van der Waals surface area contributed by atoms with Gasteiger partial charge in [0.2, 0.25) is 5.91 Å². The van der Waals surface area contributed by atoms with Gasteiger partial charge < -0.3 is 10.3 Å². The number of benzene rings is 2.